The van der Waals surface area contributed by atoms with E-state index in [2.05, 4.69) is 25.8 Å². The van der Waals surface area contributed by atoms with Gasteiger partial charge in [-0.15, -0.1) is 0 Å². The quantitative estimate of drug-likeness (QED) is 0.820. The van der Waals surface area contributed by atoms with Crippen LogP contribution < -0.4 is 4.90 Å². The van der Waals surface area contributed by atoms with E-state index in [-0.39, 0.29) is 5.92 Å². The zero-order chi connectivity index (χ0) is 18.6. The maximum absolute atomic E-state index is 12.8. The topological polar surface area (TPSA) is 63.5 Å². The number of hydrogen-bond donors (Lipinski definition) is 0. The van der Waals surface area contributed by atoms with E-state index in [1.807, 2.05) is 12.1 Å². The van der Waals surface area contributed by atoms with E-state index in [0.717, 1.165) is 70.8 Å². The molecular formula is C21H29N5O. The van der Waals surface area contributed by atoms with Crippen molar-refractivity contribution in [3.05, 3.63) is 23.9 Å². The molecule has 1 aromatic rings. The minimum absolute atomic E-state index is 0.198. The number of carbonyl (C=O) groups excluding carboxylic acids is 1. The first-order valence-corrected chi connectivity index (χ1v) is 10.4. The summed E-state index contributed by atoms with van der Waals surface area (Å²) in [5.41, 5.74) is 0.480. The maximum Gasteiger partial charge on any atom is 0.226 e. The third-order valence-corrected chi connectivity index (χ3v) is 6.37. The second-order valence-electron chi connectivity index (χ2n) is 8.08. The summed E-state index contributed by atoms with van der Waals surface area (Å²) < 4.78 is 0. The summed E-state index contributed by atoms with van der Waals surface area (Å²) in [7, 11) is 0. The number of hydrogen-bond acceptors (Lipinski definition) is 5. The van der Waals surface area contributed by atoms with Gasteiger partial charge in [0.1, 0.15) is 17.6 Å². The van der Waals surface area contributed by atoms with E-state index in [1.165, 1.54) is 12.8 Å². The van der Waals surface area contributed by atoms with Gasteiger partial charge in [-0.05, 0) is 57.2 Å². The molecule has 0 saturated carbocycles. The molecule has 144 valence electrons. The van der Waals surface area contributed by atoms with Gasteiger partial charge in [0, 0.05) is 38.8 Å². The van der Waals surface area contributed by atoms with Crippen molar-refractivity contribution < 1.29 is 4.79 Å². The van der Waals surface area contributed by atoms with Gasteiger partial charge in [0.15, 0.2) is 0 Å². The molecule has 0 bridgehead atoms. The van der Waals surface area contributed by atoms with Gasteiger partial charge < -0.3 is 9.80 Å². The van der Waals surface area contributed by atoms with E-state index in [4.69, 9.17) is 5.26 Å². The van der Waals surface area contributed by atoms with Gasteiger partial charge in [-0.2, -0.15) is 5.26 Å². The molecule has 0 aliphatic carbocycles. The van der Waals surface area contributed by atoms with E-state index in [0.29, 0.717) is 17.6 Å². The fraction of sp³-hybridized carbons (Fsp3) is 0.667. The molecule has 4 rings (SSSR count). The van der Waals surface area contributed by atoms with Crippen LogP contribution in [0.1, 0.15) is 44.2 Å². The number of likely N-dealkylation sites (tertiary alicyclic amines) is 2. The average Bonchev–Trinajstić information content (AvgIpc) is 3.28. The number of pyridine rings is 1. The Morgan fingerprint density at radius 1 is 1.04 bits per heavy atom. The summed E-state index contributed by atoms with van der Waals surface area (Å²) in [5.74, 6) is 1.50. The van der Waals surface area contributed by atoms with E-state index in [1.54, 1.807) is 6.07 Å². The van der Waals surface area contributed by atoms with Crippen molar-refractivity contribution in [2.24, 2.45) is 5.92 Å². The Bertz CT molecular complexity index is 701. The molecule has 0 unspecified atom stereocenters. The largest absolute Gasteiger partial charge is 0.356 e. The third kappa shape index (κ3) is 4.08. The number of carbonyl (C=O) groups is 1. The van der Waals surface area contributed by atoms with E-state index in [9.17, 15) is 4.79 Å². The number of nitriles is 1. The highest BCUT2D eigenvalue weighted by molar-refractivity contribution is 5.79. The lowest BCUT2D eigenvalue weighted by atomic mass is 9.93. The molecule has 1 aromatic heterocycles. The highest BCUT2D eigenvalue weighted by atomic mass is 16.2. The van der Waals surface area contributed by atoms with Crippen LogP contribution in [0.4, 0.5) is 5.82 Å². The number of piperidine rings is 2. The lowest BCUT2D eigenvalue weighted by molar-refractivity contribution is -0.136. The van der Waals surface area contributed by atoms with Crippen LogP contribution in [0.3, 0.4) is 0 Å². The molecule has 3 fully saturated rings. The molecule has 1 amide bonds. The first kappa shape index (κ1) is 18.2. The fourth-order valence-electron chi connectivity index (χ4n) is 4.86. The van der Waals surface area contributed by atoms with Gasteiger partial charge in [-0.3, -0.25) is 9.69 Å². The Kier molecular flexibility index (Phi) is 5.58. The van der Waals surface area contributed by atoms with Crippen LogP contribution in [0.25, 0.3) is 0 Å². The molecule has 0 radical (unpaired) electrons. The molecule has 4 heterocycles. The van der Waals surface area contributed by atoms with Crippen LogP contribution >= 0.6 is 0 Å². The number of amides is 1. The molecule has 3 aliphatic heterocycles. The Morgan fingerprint density at radius 3 is 2.56 bits per heavy atom. The Balaban J connectivity index is 1.32. The van der Waals surface area contributed by atoms with Crippen LogP contribution in [-0.2, 0) is 4.79 Å². The predicted octanol–water partition coefficient (Wildman–Crippen LogP) is 2.26. The molecule has 3 aliphatic rings. The normalized spacial score (nSPS) is 24.8. The average molecular weight is 367 g/mol. The van der Waals surface area contributed by atoms with Gasteiger partial charge in [-0.25, -0.2) is 4.98 Å². The molecule has 0 spiro atoms. The van der Waals surface area contributed by atoms with Gasteiger partial charge in [0.05, 0.1) is 5.92 Å². The van der Waals surface area contributed by atoms with Crippen LogP contribution in [0, 0.1) is 17.2 Å². The first-order chi connectivity index (χ1) is 13.2. The number of nitrogens with zero attached hydrogens (tertiary/aromatic N) is 5. The molecule has 0 N–H and O–H groups in total. The van der Waals surface area contributed by atoms with Crippen molar-refractivity contribution in [3.8, 4) is 6.07 Å². The molecule has 3 saturated heterocycles. The van der Waals surface area contributed by atoms with Gasteiger partial charge in [0.2, 0.25) is 5.91 Å². The number of rotatable bonds is 3. The number of aromatic nitrogens is 1. The fourth-order valence-corrected chi connectivity index (χ4v) is 4.86. The SMILES string of the molecule is N#Cc1cccc(N2CCC(N3CCC[C@@H](C(=O)N4CCCC4)C3)CC2)n1. The molecule has 27 heavy (non-hydrogen) atoms. The highest BCUT2D eigenvalue weighted by Gasteiger charge is 2.34. The lowest BCUT2D eigenvalue weighted by Gasteiger charge is -2.42. The number of anilines is 1. The zero-order valence-electron chi connectivity index (χ0n) is 16.0. The third-order valence-electron chi connectivity index (χ3n) is 6.37. The second-order valence-corrected chi connectivity index (χ2v) is 8.08. The molecule has 6 nitrogen and oxygen atoms in total. The van der Waals surface area contributed by atoms with Gasteiger partial charge >= 0.3 is 0 Å². The molecule has 6 heteroatoms. The second kappa shape index (κ2) is 8.26. The van der Waals surface area contributed by atoms with Crippen molar-refractivity contribution >= 4 is 11.7 Å². The summed E-state index contributed by atoms with van der Waals surface area (Å²) >= 11 is 0. The smallest absolute Gasteiger partial charge is 0.226 e. The zero-order valence-corrected chi connectivity index (χ0v) is 16.0. The van der Waals surface area contributed by atoms with Crippen molar-refractivity contribution in [1.29, 1.82) is 5.26 Å². The summed E-state index contributed by atoms with van der Waals surface area (Å²) in [5, 5.41) is 9.05. The lowest BCUT2D eigenvalue weighted by Crippen LogP contribution is -2.51. The molecule has 1 atom stereocenters. The maximum atomic E-state index is 12.8. The van der Waals surface area contributed by atoms with E-state index < -0.39 is 0 Å². The molecular weight excluding hydrogens is 338 g/mol. The van der Waals surface area contributed by atoms with Crippen molar-refractivity contribution in [2.75, 3.05) is 44.2 Å². The standard InChI is InChI=1S/C21H29N5O/c22-15-18-6-3-7-20(23-18)24-13-8-19(9-14-24)26-12-4-5-17(16-26)21(27)25-10-1-2-11-25/h3,6-7,17,19H,1-2,4-5,8-14,16H2/t17-/m1/s1. The summed E-state index contributed by atoms with van der Waals surface area (Å²) in [4.78, 5) is 24.2. The first-order valence-electron chi connectivity index (χ1n) is 10.4. The minimum Gasteiger partial charge on any atom is -0.356 e. The van der Waals surface area contributed by atoms with Crippen molar-refractivity contribution in [2.45, 2.75) is 44.6 Å². The summed E-state index contributed by atoms with van der Waals surface area (Å²) in [6.45, 7) is 5.91. The summed E-state index contributed by atoms with van der Waals surface area (Å²) in [6, 6.07) is 8.34. The van der Waals surface area contributed by atoms with Gasteiger partial charge in [0.25, 0.3) is 0 Å². The Hall–Kier alpha value is -2.13. The van der Waals surface area contributed by atoms with Crippen molar-refractivity contribution in [3.63, 3.8) is 0 Å². The summed E-state index contributed by atoms with van der Waals surface area (Å²) in [6.07, 6.45) is 6.72. The molecule has 0 aromatic carbocycles. The van der Waals surface area contributed by atoms with Crippen LogP contribution in [0.2, 0.25) is 0 Å². The highest BCUT2D eigenvalue weighted by Crippen LogP contribution is 2.27. The minimum atomic E-state index is 0.198. The monoisotopic (exact) mass is 367 g/mol. The van der Waals surface area contributed by atoms with Crippen LogP contribution in [0.5, 0.6) is 0 Å². The van der Waals surface area contributed by atoms with Crippen LogP contribution in [-0.4, -0.2) is 66.0 Å². The van der Waals surface area contributed by atoms with Crippen molar-refractivity contribution in [1.82, 2.24) is 14.8 Å². The van der Waals surface area contributed by atoms with E-state index >= 15 is 0 Å². The van der Waals surface area contributed by atoms with Crippen LogP contribution in [0.15, 0.2) is 18.2 Å². The van der Waals surface area contributed by atoms with Gasteiger partial charge in [-0.1, -0.05) is 6.07 Å². The predicted molar refractivity (Wildman–Crippen MR) is 104 cm³/mol. The Labute approximate surface area is 161 Å². The Morgan fingerprint density at radius 2 is 1.81 bits per heavy atom.